The number of carbonyl (C=O) groups excluding carboxylic acids is 1. The summed E-state index contributed by atoms with van der Waals surface area (Å²) in [7, 11) is 1.55. The zero-order valence-corrected chi connectivity index (χ0v) is 14.1. The van der Waals surface area contributed by atoms with E-state index in [0.29, 0.717) is 31.4 Å². The summed E-state index contributed by atoms with van der Waals surface area (Å²) in [5.41, 5.74) is 0. The molecule has 3 heterocycles. The van der Waals surface area contributed by atoms with Gasteiger partial charge in [-0.15, -0.1) is 6.58 Å². The maximum atomic E-state index is 12.6. The van der Waals surface area contributed by atoms with Crippen molar-refractivity contribution in [2.75, 3.05) is 46.4 Å². The fourth-order valence-corrected chi connectivity index (χ4v) is 3.33. The van der Waals surface area contributed by atoms with Gasteiger partial charge in [-0.25, -0.2) is 9.97 Å². The first-order chi connectivity index (χ1) is 11.7. The number of fused-ring (bicyclic) bond motifs is 1. The van der Waals surface area contributed by atoms with Crippen molar-refractivity contribution < 1.29 is 14.3 Å². The Morgan fingerprint density at radius 3 is 2.92 bits per heavy atom. The van der Waals surface area contributed by atoms with Gasteiger partial charge in [0.15, 0.2) is 5.75 Å². The van der Waals surface area contributed by atoms with Crippen LogP contribution in [0.25, 0.3) is 0 Å². The maximum Gasteiger partial charge on any atom is 0.291 e. The Bertz CT molecular complexity index is 578. The van der Waals surface area contributed by atoms with Gasteiger partial charge in [-0.2, -0.15) is 0 Å². The van der Waals surface area contributed by atoms with Gasteiger partial charge in [0, 0.05) is 38.6 Å². The van der Waals surface area contributed by atoms with Crippen molar-refractivity contribution in [3.63, 3.8) is 0 Å². The lowest BCUT2D eigenvalue weighted by molar-refractivity contribution is -0.0174. The van der Waals surface area contributed by atoms with Crippen LogP contribution >= 0.6 is 0 Å². The van der Waals surface area contributed by atoms with Crippen LogP contribution in [0.15, 0.2) is 25.0 Å². The molecule has 0 saturated carbocycles. The normalized spacial score (nSPS) is 24.8. The van der Waals surface area contributed by atoms with Gasteiger partial charge in [-0.1, -0.05) is 6.08 Å². The minimum Gasteiger partial charge on any atom is -0.494 e. The third-order valence-corrected chi connectivity index (χ3v) is 4.66. The molecule has 1 aromatic rings. The predicted octanol–water partition coefficient (Wildman–Crippen LogP) is 0.834. The zero-order chi connectivity index (χ0) is 16.9. The molecule has 7 heteroatoms. The summed E-state index contributed by atoms with van der Waals surface area (Å²) in [5, 5.41) is 0. The smallest absolute Gasteiger partial charge is 0.291 e. The van der Waals surface area contributed by atoms with Crippen LogP contribution in [0.1, 0.15) is 17.0 Å². The Hall–Kier alpha value is -1.99. The summed E-state index contributed by atoms with van der Waals surface area (Å²) >= 11 is 0. The Kier molecular flexibility index (Phi) is 5.42. The number of aromatic nitrogens is 2. The van der Waals surface area contributed by atoms with E-state index in [-0.39, 0.29) is 17.8 Å². The van der Waals surface area contributed by atoms with Gasteiger partial charge in [0.1, 0.15) is 0 Å². The standard InChI is InChI=1S/C17H24N4O3/c1-3-5-20-7-8-24-15-12-21(6-4-13(15)11-20)17(22)16-18-9-14(23-2)10-19-16/h3,9-10,13,15H,1,4-8,11-12H2,2H3. The number of ether oxygens (including phenoxy) is 2. The Labute approximate surface area is 142 Å². The number of rotatable bonds is 4. The molecular weight excluding hydrogens is 308 g/mol. The van der Waals surface area contributed by atoms with Gasteiger partial charge in [-0.05, 0) is 6.42 Å². The van der Waals surface area contributed by atoms with E-state index in [1.54, 1.807) is 12.0 Å². The van der Waals surface area contributed by atoms with Crippen molar-refractivity contribution in [1.29, 1.82) is 0 Å². The van der Waals surface area contributed by atoms with Crippen LogP contribution in [0.3, 0.4) is 0 Å². The highest BCUT2D eigenvalue weighted by Crippen LogP contribution is 2.24. The molecule has 0 aromatic carbocycles. The van der Waals surface area contributed by atoms with Crippen LogP contribution in [0.2, 0.25) is 0 Å². The molecule has 7 nitrogen and oxygen atoms in total. The highest BCUT2D eigenvalue weighted by atomic mass is 16.5. The van der Waals surface area contributed by atoms with E-state index >= 15 is 0 Å². The lowest BCUT2D eigenvalue weighted by Crippen LogP contribution is -2.49. The van der Waals surface area contributed by atoms with Crippen molar-refractivity contribution in [2.45, 2.75) is 12.5 Å². The van der Waals surface area contributed by atoms with E-state index in [1.165, 1.54) is 12.4 Å². The Morgan fingerprint density at radius 1 is 1.42 bits per heavy atom. The first kappa shape index (κ1) is 16.9. The minimum atomic E-state index is -0.146. The second kappa shape index (κ2) is 7.72. The molecule has 0 N–H and O–H groups in total. The molecule has 1 amide bonds. The lowest BCUT2D eigenvalue weighted by atomic mass is 9.93. The molecule has 2 saturated heterocycles. The molecular formula is C17H24N4O3. The summed E-state index contributed by atoms with van der Waals surface area (Å²) < 4.78 is 11.0. The third kappa shape index (κ3) is 3.73. The van der Waals surface area contributed by atoms with Crippen molar-refractivity contribution in [3.8, 4) is 5.75 Å². The topological polar surface area (TPSA) is 67.8 Å². The molecule has 2 fully saturated rings. The zero-order valence-electron chi connectivity index (χ0n) is 14.1. The molecule has 1 aromatic heterocycles. The summed E-state index contributed by atoms with van der Waals surface area (Å²) in [5.74, 6) is 1.05. The van der Waals surface area contributed by atoms with E-state index in [0.717, 1.165) is 26.1 Å². The number of likely N-dealkylation sites (tertiary alicyclic amines) is 1. The van der Waals surface area contributed by atoms with E-state index in [9.17, 15) is 4.79 Å². The molecule has 2 aliphatic rings. The number of piperidine rings is 1. The quantitative estimate of drug-likeness (QED) is 0.761. The van der Waals surface area contributed by atoms with Gasteiger partial charge in [-0.3, -0.25) is 9.69 Å². The van der Waals surface area contributed by atoms with Gasteiger partial charge >= 0.3 is 0 Å². The minimum absolute atomic E-state index is 0.0794. The first-order valence-corrected chi connectivity index (χ1v) is 8.31. The number of carbonyl (C=O) groups is 1. The average Bonchev–Trinajstić information content (AvgIpc) is 2.82. The Morgan fingerprint density at radius 2 is 2.21 bits per heavy atom. The molecule has 24 heavy (non-hydrogen) atoms. The number of nitrogens with zero attached hydrogens (tertiary/aromatic N) is 4. The number of hydrogen-bond acceptors (Lipinski definition) is 6. The highest BCUT2D eigenvalue weighted by Gasteiger charge is 2.35. The van der Waals surface area contributed by atoms with Crippen molar-refractivity contribution in [1.82, 2.24) is 19.8 Å². The van der Waals surface area contributed by atoms with Gasteiger partial charge in [0.05, 0.1) is 32.2 Å². The van der Waals surface area contributed by atoms with Crippen LogP contribution < -0.4 is 4.74 Å². The molecule has 2 unspecified atom stereocenters. The number of methoxy groups -OCH3 is 1. The van der Waals surface area contributed by atoms with Crippen LogP contribution in [-0.4, -0.2) is 78.2 Å². The van der Waals surface area contributed by atoms with Gasteiger partial charge in [0.25, 0.3) is 5.91 Å². The maximum absolute atomic E-state index is 12.6. The van der Waals surface area contributed by atoms with E-state index in [1.807, 2.05) is 6.08 Å². The molecule has 130 valence electrons. The molecule has 0 radical (unpaired) electrons. The summed E-state index contributed by atoms with van der Waals surface area (Å²) in [6, 6.07) is 0. The molecule has 0 bridgehead atoms. The SMILES string of the molecule is C=CCN1CCOC2CN(C(=O)c3ncc(OC)cn3)CCC2C1. The van der Waals surface area contributed by atoms with Crippen molar-refractivity contribution >= 4 is 5.91 Å². The third-order valence-electron chi connectivity index (χ3n) is 4.66. The van der Waals surface area contributed by atoms with Crippen LogP contribution in [-0.2, 0) is 4.74 Å². The Balaban J connectivity index is 1.63. The molecule has 0 spiro atoms. The average molecular weight is 332 g/mol. The highest BCUT2D eigenvalue weighted by molar-refractivity contribution is 5.90. The molecule has 2 aliphatic heterocycles. The van der Waals surface area contributed by atoms with Crippen LogP contribution in [0.5, 0.6) is 5.75 Å². The van der Waals surface area contributed by atoms with Crippen molar-refractivity contribution in [2.24, 2.45) is 5.92 Å². The van der Waals surface area contributed by atoms with Gasteiger partial charge in [0.2, 0.25) is 5.82 Å². The monoisotopic (exact) mass is 332 g/mol. The predicted molar refractivity (Wildman–Crippen MR) is 89.0 cm³/mol. The summed E-state index contributed by atoms with van der Waals surface area (Å²) in [4.78, 5) is 25.0. The molecule has 0 aliphatic carbocycles. The molecule has 2 atom stereocenters. The second-order valence-corrected chi connectivity index (χ2v) is 6.20. The number of amides is 1. The summed E-state index contributed by atoms with van der Waals surface area (Å²) in [6.07, 6.45) is 5.97. The fourth-order valence-electron chi connectivity index (χ4n) is 3.33. The van der Waals surface area contributed by atoms with Gasteiger partial charge < -0.3 is 14.4 Å². The van der Waals surface area contributed by atoms with Crippen LogP contribution in [0, 0.1) is 5.92 Å². The number of hydrogen-bond donors (Lipinski definition) is 0. The fraction of sp³-hybridized carbons (Fsp3) is 0.588. The first-order valence-electron chi connectivity index (χ1n) is 8.31. The van der Waals surface area contributed by atoms with E-state index < -0.39 is 0 Å². The second-order valence-electron chi connectivity index (χ2n) is 6.20. The van der Waals surface area contributed by atoms with E-state index in [4.69, 9.17) is 9.47 Å². The van der Waals surface area contributed by atoms with Crippen molar-refractivity contribution in [3.05, 3.63) is 30.9 Å². The van der Waals surface area contributed by atoms with Crippen LogP contribution in [0.4, 0.5) is 0 Å². The largest absolute Gasteiger partial charge is 0.494 e. The van der Waals surface area contributed by atoms with E-state index in [2.05, 4.69) is 21.4 Å². The summed E-state index contributed by atoms with van der Waals surface area (Å²) in [6.45, 7) is 8.60. The molecule has 3 rings (SSSR count). The lowest BCUT2D eigenvalue weighted by Gasteiger charge is -2.37.